The number of aliphatic hydroxyl groups excluding tert-OH is 2. The molecule has 3 aromatic carbocycles. The van der Waals surface area contributed by atoms with E-state index >= 15 is 4.79 Å². The minimum absolute atomic E-state index is 0.00156. The standard InChI is InChI=1S/C49H60FN3O9/c1-2-27-60-49-45(52(31-34-13-18-37(50)19-14-34)46(57)24-17-33-9-3-4-10-33)30-43(51-61-32-35-15-20-38(21-16-35)53(58)59)41-28-36(11-5-7-25-54)40(12-6-8-26-55)47(48(41)49)42-29-39(56)22-23-44(42)62-49/h2,13-16,18-23,28-29,33,36,40,45,47-48,54-56H,1,3-12,17,24-27,30-32H2. The van der Waals surface area contributed by atoms with Crippen molar-refractivity contribution < 1.29 is 43.7 Å². The fraction of sp³-hybridized carbons (Fsp3) is 0.510. The van der Waals surface area contributed by atoms with Crippen LogP contribution in [0.5, 0.6) is 11.5 Å². The van der Waals surface area contributed by atoms with E-state index in [2.05, 4.69) is 12.7 Å². The molecule has 6 atom stereocenters. The number of oxime groups is 1. The van der Waals surface area contributed by atoms with Crippen molar-refractivity contribution in [2.45, 2.75) is 114 Å². The molecule has 0 bridgehead atoms. The monoisotopic (exact) mass is 853 g/mol. The molecule has 0 radical (unpaired) electrons. The number of aromatic hydroxyl groups is 1. The number of nitro benzene ring substituents is 1. The van der Waals surface area contributed by atoms with Crippen molar-refractivity contribution in [1.29, 1.82) is 0 Å². The summed E-state index contributed by atoms with van der Waals surface area (Å²) in [6.45, 7) is 4.40. The third-order valence-corrected chi connectivity index (χ3v) is 13.4. The van der Waals surface area contributed by atoms with Crippen molar-refractivity contribution in [3.05, 3.63) is 124 Å². The van der Waals surface area contributed by atoms with Crippen LogP contribution in [0.4, 0.5) is 10.1 Å². The van der Waals surface area contributed by atoms with Gasteiger partial charge in [0.2, 0.25) is 11.7 Å². The molecule has 13 heteroatoms. The zero-order valence-electron chi connectivity index (χ0n) is 35.4. The first-order valence-corrected chi connectivity index (χ1v) is 22.3. The molecule has 0 spiro atoms. The van der Waals surface area contributed by atoms with Gasteiger partial charge in [-0.15, -0.1) is 6.58 Å². The minimum Gasteiger partial charge on any atom is -0.508 e. The lowest BCUT2D eigenvalue weighted by molar-refractivity contribution is -0.384. The van der Waals surface area contributed by atoms with Gasteiger partial charge >= 0.3 is 0 Å². The molecule has 6 unspecified atom stereocenters. The molecule has 12 nitrogen and oxygen atoms in total. The number of hydrogen-bond donors (Lipinski definition) is 3. The predicted octanol–water partition coefficient (Wildman–Crippen LogP) is 9.27. The molecule has 2 fully saturated rings. The summed E-state index contributed by atoms with van der Waals surface area (Å²) in [5, 5.41) is 47.0. The molecule has 1 aliphatic heterocycles. The molecule has 0 aromatic heterocycles. The molecule has 3 aromatic rings. The number of rotatable bonds is 21. The molecule has 3 aliphatic carbocycles. The Morgan fingerprint density at radius 2 is 1.69 bits per heavy atom. The zero-order valence-corrected chi connectivity index (χ0v) is 35.4. The number of nitro groups is 1. The van der Waals surface area contributed by atoms with Crippen molar-refractivity contribution in [1.82, 2.24) is 4.90 Å². The van der Waals surface area contributed by atoms with Crippen LogP contribution in [-0.2, 0) is 27.5 Å². The van der Waals surface area contributed by atoms with Crippen LogP contribution in [0.3, 0.4) is 0 Å². The first-order valence-electron chi connectivity index (χ1n) is 22.3. The van der Waals surface area contributed by atoms with E-state index in [9.17, 15) is 29.8 Å². The Hall–Kier alpha value is -5.11. The van der Waals surface area contributed by atoms with Crippen molar-refractivity contribution in [3.8, 4) is 11.5 Å². The number of phenolic OH excluding ortho intramolecular Hbond substituents is 1. The number of ether oxygens (including phenoxy) is 2. The van der Waals surface area contributed by atoms with Gasteiger partial charge in [-0.25, -0.2) is 4.39 Å². The number of allylic oxidation sites excluding steroid dienone is 1. The molecule has 2 saturated carbocycles. The van der Waals surface area contributed by atoms with E-state index in [4.69, 9.17) is 19.5 Å². The summed E-state index contributed by atoms with van der Waals surface area (Å²) < 4.78 is 28.7. The SMILES string of the molecule is C=CCOC12Oc3ccc(O)cc3C3C(CCCCO)C(CCCCO)C=C(C(=NOCc4ccc([N+](=O)[O-])cc4)CC1N(Cc1ccc(F)cc1)C(=O)CCC1CCCC1)C32. The fourth-order valence-corrected chi connectivity index (χ4v) is 10.5. The molecule has 0 saturated heterocycles. The number of unbranched alkanes of at least 4 members (excludes halogenated alkanes) is 2. The summed E-state index contributed by atoms with van der Waals surface area (Å²) in [5.41, 5.74) is 3.64. The molecule has 1 amide bonds. The average Bonchev–Trinajstić information content (AvgIpc) is 3.80. The molecule has 4 aliphatic rings. The van der Waals surface area contributed by atoms with Crippen LogP contribution in [0.15, 0.2) is 96.2 Å². The van der Waals surface area contributed by atoms with E-state index in [1.807, 2.05) is 4.90 Å². The number of aliphatic hydroxyl groups is 2. The number of nitrogens with zero attached hydrogens (tertiary/aromatic N) is 3. The summed E-state index contributed by atoms with van der Waals surface area (Å²) >= 11 is 0. The third kappa shape index (κ3) is 10.1. The minimum atomic E-state index is -1.49. The first-order chi connectivity index (χ1) is 30.1. The van der Waals surface area contributed by atoms with Crippen LogP contribution in [0.2, 0.25) is 0 Å². The lowest BCUT2D eigenvalue weighted by atomic mass is 9.55. The van der Waals surface area contributed by atoms with Gasteiger partial charge in [0.25, 0.3) is 5.69 Å². The van der Waals surface area contributed by atoms with E-state index in [1.165, 1.54) is 24.3 Å². The van der Waals surface area contributed by atoms with Gasteiger partial charge in [0, 0.05) is 56.2 Å². The van der Waals surface area contributed by atoms with E-state index in [0.717, 1.165) is 74.5 Å². The number of amides is 1. The Balaban J connectivity index is 1.41. The predicted molar refractivity (Wildman–Crippen MR) is 233 cm³/mol. The lowest BCUT2D eigenvalue weighted by Gasteiger charge is -2.60. The third-order valence-electron chi connectivity index (χ3n) is 13.4. The van der Waals surface area contributed by atoms with Crippen LogP contribution in [0, 0.1) is 39.6 Å². The Kier molecular flexibility index (Phi) is 15.1. The van der Waals surface area contributed by atoms with Gasteiger partial charge < -0.3 is 34.5 Å². The summed E-state index contributed by atoms with van der Waals surface area (Å²) in [6.07, 6.45) is 13.9. The van der Waals surface area contributed by atoms with Gasteiger partial charge in [-0.2, -0.15) is 0 Å². The number of phenols is 1. The molecule has 332 valence electrons. The summed E-state index contributed by atoms with van der Waals surface area (Å²) in [5.74, 6) is -1.76. The Morgan fingerprint density at radius 1 is 0.984 bits per heavy atom. The summed E-state index contributed by atoms with van der Waals surface area (Å²) in [4.78, 5) is 33.9. The number of fused-ring (bicyclic) bond motifs is 2. The van der Waals surface area contributed by atoms with E-state index in [-0.39, 0.29) is 80.3 Å². The maximum atomic E-state index is 15.0. The number of hydrogen-bond acceptors (Lipinski definition) is 10. The van der Waals surface area contributed by atoms with Crippen LogP contribution < -0.4 is 4.74 Å². The Morgan fingerprint density at radius 3 is 2.39 bits per heavy atom. The second-order valence-electron chi connectivity index (χ2n) is 17.3. The number of carbonyl (C=O) groups excluding carboxylic acids is 1. The van der Waals surface area contributed by atoms with Crippen LogP contribution in [0.25, 0.3) is 0 Å². The first kappa shape index (κ1) is 44.9. The largest absolute Gasteiger partial charge is 0.508 e. The molecule has 7 rings (SSSR count). The smallest absolute Gasteiger partial charge is 0.269 e. The van der Waals surface area contributed by atoms with E-state index in [0.29, 0.717) is 42.2 Å². The Bertz CT molecular complexity index is 2070. The quantitative estimate of drug-likeness (QED) is 0.0410. The highest BCUT2D eigenvalue weighted by molar-refractivity contribution is 6.03. The summed E-state index contributed by atoms with van der Waals surface area (Å²) in [7, 11) is 0. The molecular weight excluding hydrogens is 794 g/mol. The van der Waals surface area contributed by atoms with Gasteiger partial charge in [-0.1, -0.05) is 68.0 Å². The van der Waals surface area contributed by atoms with E-state index < -0.39 is 22.7 Å². The van der Waals surface area contributed by atoms with Crippen molar-refractivity contribution in [3.63, 3.8) is 0 Å². The number of halogens is 1. The maximum absolute atomic E-state index is 15.0. The average molecular weight is 854 g/mol. The topological polar surface area (TPSA) is 164 Å². The van der Waals surface area contributed by atoms with Crippen LogP contribution in [0.1, 0.15) is 106 Å². The molecule has 3 N–H and O–H groups in total. The second kappa shape index (κ2) is 20.8. The van der Waals surface area contributed by atoms with Crippen molar-refractivity contribution in [2.24, 2.45) is 28.8 Å². The van der Waals surface area contributed by atoms with Gasteiger partial charge in [0.1, 0.15) is 30.0 Å². The van der Waals surface area contributed by atoms with Crippen LogP contribution in [-0.4, -0.2) is 68.4 Å². The lowest BCUT2D eigenvalue weighted by Crippen LogP contribution is -2.70. The van der Waals surface area contributed by atoms with Gasteiger partial charge in [0.05, 0.1) is 23.2 Å². The van der Waals surface area contributed by atoms with Gasteiger partial charge in [-0.3, -0.25) is 14.9 Å². The van der Waals surface area contributed by atoms with Crippen molar-refractivity contribution >= 4 is 17.3 Å². The zero-order chi connectivity index (χ0) is 43.6. The molecular formula is C49H60FN3O9. The van der Waals surface area contributed by atoms with Gasteiger partial charge in [-0.05, 0) is 109 Å². The normalized spacial score (nSPS) is 24.7. The second-order valence-corrected chi connectivity index (χ2v) is 17.3. The molecule has 62 heavy (non-hydrogen) atoms. The number of non-ortho nitro benzene ring substituents is 1. The number of benzene rings is 3. The highest BCUT2D eigenvalue weighted by Crippen LogP contribution is 2.62. The highest BCUT2D eigenvalue weighted by atomic mass is 19.1. The van der Waals surface area contributed by atoms with E-state index in [1.54, 1.807) is 48.5 Å². The molecule has 1 heterocycles. The number of carbonyl (C=O) groups is 1. The van der Waals surface area contributed by atoms with Crippen LogP contribution >= 0.6 is 0 Å². The highest BCUT2D eigenvalue weighted by Gasteiger charge is 2.65. The fourth-order valence-electron chi connectivity index (χ4n) is 10.5. The maximum Gasteiger partial charge on any atom is 0.269 e. The van der Waals surface area contributed by atoms with Crippen molar-refractivity contribution in [2.75, 3.05) is 19.8 Å². The van der Waals surface area contributed by atoms with Gasteiger partial charge in [0.15, 0.2) is 0 Å². The Labute approximate surface area is 363 Å². The summed E-state index contributed by atoms with van der Waals surface area (Å²) in [6, 6.07) is 16.6.